The van der Waals surface area contributed by atoms with Crippen LogP contribution in [0.25, 0.3) is 16.5 Å². The lowest BCUT2D eigenvalue weighted by molar-refractivity contribution is 0.770. The number of nitrogens with zero attached hydrogens (tertiary/aromatic N) is 3. The summed E-state index contributed by atoms with van der Waals surface area (Å²) in [6, 6.07) is 16.9. The van der Waals surface area contributed by atoms with Gasteiger partial charge in [0.25, 0.3) is 5.56 Å². The molecule has 0 unspecified atom stereocenters. The molecule has 2 aromatic carbocycles. The largest absolute Gasteiger partial charge is 0.362 e. The van der Waals surface area contributed by atoms with Crippen molar-refractivity contribution in [2.75, 3.05) is 5.32 Å². The number of rotatable bonds is 4. The van der Waals surface area contributed by atoms with Crippen LogP contribution in [-0.4, -0.2) is 14.5 Å². The van der Waals surface area contributed by atoms with Crippen LogP contribution in [0.15, 0.2) is 65.6 Å². The van der Waals surface area contributed by atoms with Crippen LogP contribution in [0.1, 0.15) is 30.0 Å². The van der Waals surface area contributed by atoms with E-state index in [1.165, 1.54) is 0 Å². The number of hydrogen-bond acceptors (Lipinski definition) is 4. The standard InChI is InChI=1S/C23H21ClN4O/c1-14-13-25-16(3)27-22(14)26-15(2)20-12-17-8-7-11-19(24)21(17)23(29)28(20)18-9-5-4-6-10-18/h4-13,15H,1-3H3,(H,25,26,27)/t15-/m1/s1. The maximum Gasteiger partial charge on any atom is 0.264 e. The van der Waals surface area contributed by atoms with Crippen LogP contribution in [0, 0.1) is 13.8 Å². The van der Waals surface area contributed by atoms with E-state index in [4.69, 9.17) is 11.6 Å². The second-order valence-corrected chi connectivity index (χ2v) is 7.47. The summed E-state index contributed by atoms with van der Waals surface area (Å²) in [7, 11) is 0. The molecule has 0 radical (unpaired) electrons. The van der Waals surface area contributed by atoms with Crippen molar-refractivity contribution in [1.29, 1.82) is 0 Å². The number of aromatic nitrogens is 3. The van der Waals surface area contributed by atoms with Crippen LogP contribution in [0.5, 0.6) is 0 Å². The summed E-state index contributed by atoms with van der Waals surface area (Å²) in [5.41, 5.74) is 2.42. The molecule has 146 valence electrons. The molecule has 0 saturated carbocycles. The molecular formula is C23H21ClN4O. The molecule has 0 fully saturated rings. The Morgan fingerprint density at radius 1 is 1.07 bits per heavy atom. The number of aryl methyl sites for hydroxylation is 2. The molecular weight excluding hydrogens is 384 g/mol. The fourth-order valence-electron chi connectivity index (χ4n) is 3.46. The molecule has 1 N–H and O–H groups in total. The van der Waals surface area contributed by atoms with Crippen molar-refractivity contribution in [2.45, 2.75) is 26.8 Å². The second-order valence-electron chi connectivity index (χ2n) is 7.06. The van der Waals surface area contributed by atoms with Gasteiger partial charge in [0.1, 0.15) is 11.6 Å². The minimum atomic E-state index is -0.181. The topological polar surface area (TPSA) is 59.8 Å². The average molecular weight is 405 g/mol. The van der Waals surface area contributed by atoms with Crippen molar-refractivity contribution in [3.63, 3.8) is 0 Å². The lowest BCUT2D eigenvalue weighted by Crippen LogP contribution is -2.26. The lowest BCUT2D eigenvalue weighted by Gasteiger charge is -2.22. The van der Waals surface area contributed by atoms with E-state index in [1.807, 2.05) is 69.3 Å². The van der Waals surface area contributed by atoms with Crippen LogP contribution >= 0.6 is 11.6 Å². The van der Waals surface area contributed by atoms with Gasteiger partial charge < -0.3 is 5.32 Å². The highest BCUT2D eigenvalue weighted by atomic mass is 35.5. The molecule has 2 aromatic heterocycles. The molecule has 0 aliphatic heterocycles. The minimum absolute atomic E-state index is 0.140. The predicted octanol–water partition coefficient (Wildman–Crippen LogP) is 5.22. The van der Waals surface area contributed by atoms with Crippen molar-refractivity contribution in [2.24, 2.45) is 0 Å². The number of halogens is 1. The second kappa shape index (κ2) is 7.68. The van der Waals surface area contributed by atoms with Gasteiger partial charge in [0.2, 0.25) is 0 Å². The van der Waals surface area contributed by atoms with Gasteiger partial charge in [-0.25, -0.2) is 9.97 Å². The van der Waals surface area contributed by atoms with Crippen molar-refractivity contribution in [3.05, 3.63) is 93.3 Å². The Kier molecular flexibility index (Phi) is 5.07. The quantitative estimate of drug-likeness (QED) is 0.506. The monoisotopic (exact) mass is 404 g/mol. The maximum atomic E-state index is 13.5. The molecule has 0 aliphatic carbocycles. The van der Waals surface area contributed by atoms with Gasteiger partial charge in [-0.1, -0.05) is 41.9 Å². The Morgan fingerprint density at radius 2 is 1.83 bits per heavy atom. The first-order chi connectivity index (χ1) is 14.0. The zero-order valence-corrected chi connectivity index (χ0v) is 17.2. The normalized spacial score (nSPS) is 12.1. The first kappa shape index (κ1) is 19.2. The number of hydrogen-bond donors (Lipinski definition) is 1. The van der Waals surface area contributed by atoms with Crippen LogP contribution in [0.2, 0.25) is 5.02 Å². The Labute approximate surface area is 174 Å². The van der Waals surface area contributed by atoms with E-state index in [-0.39, 0.29) is 11.6 Å². The van der Waals surface area contributed by atoms with E-state index in [0.717, 1.165) is 28.1 Å². The van der Waals surface area contributed by atoms with Crippen molar-refractivity contribution in [3.8, 4) is 5.69 Å². The van der Waals surface area contributed by atoms with Gasteiger partial charge in [0.15, 0.2) is 0 Å². The van der Waals surface area contributed by atoms with Gasteiger partial charge in [-0.3, -0.25) is 9.36 Å². The van der Waals surface area contributed by atoms with Gasteiger partial charge in [-0.15, -0.1) is 0 Å². The first-order valence-electron chi connectivity index (χ1n) is 9.42. The van der Waals surface area contributed by atoms with Crippen molar-refractivity contribution in [1.82, 2.24) is 14.5 Å². The lowest BCUT2D eigenvalue weighted by atomic mass is 10.1. The van der Waals surface area contributed by atoms with Gasteiger partial charge in [0, 0.05) is 23.1 Å². The third-order valence-corrected chi connectivity index (χ3v) is 5.24. The number of anilines is 1. The highest BCUT2D eigenvalue weighted by Crippen LogP contribution is 2.27. The van der Waals surface area contributed by atoms with Crippen LogP contribution in [0.4, 0.5) is 5.82 Å². The summed E-state index contributed by atoms with van der Waals surface area (Å²) in [6.45, 7) is 5.83. The molecule has 6 heteroatoms. The number of para-hydroxylation sites is 1. The van der Waals surface area contributed by atoms with Crippen molar-refractivity contribution < 1.29 is 0 Å². The zero-order chi connectivity index (χ0) is 20.5. The van der Waals surface area contributed by atoms with Gasteiger partial charge in [0.05, 0.1) is 16.5 Å². The SMILES string of the molecule is Cc1ncc(C)c(N[C@H](C)c2cc3cccc(Cl)c3c(=O)n2-c2ccccc2)n1. The zero-order valence-electron chi connectivity index (χ0n) is 16.5. The summed E-state index contributed by atoms with van der Waals surface area (Å²) in [4.78, 5) is 22.2. The molecule has 0 spiro atoms. The highest BCUT2D eigenvalue weighted by molar-refractivity contribution is 6.35. The summed E-state index contributed by atoms with van der Waals surface area (Å²) in [5.74, 6) is 1.44. The molecule has 0 bridgehead atoms. The van der Waals surface area contributed by atoms with E-state index >= 15 is 0 Å². The van der Waals surface area contributed by atoms with E-state index < -0.39 is 0 Å². The molecule has 0 saturated heterocycles. The van der Waals surface area contributed by atoms with Crippen LogP contribution in [-0.2, 0) is 0 Å². The summed E-state index contributed by atoms with van der Waals surface area (Å²) in [6.07, 6.45) is 1.79. The van der Waals surface area contributed by atoms with Gasteiger partial charge >= 0.3 is 0 Å². The Morgan fingerprint density at radius 3 is 2.59 bits per heavy atom. The minimum Gasteiger partial charge on any atom is -0.362 e. The van der Waals surface area contributed by atoms with Crippen LogP contribution < -0.4 is 10.9 Å². The van der Waals surface area contributed by atoms with E-state index in [2.05, 4.69) is 15.3 Å². The third kappa shape index (κ3) is 3.61. The average Bonchev–Trinajstić information content (AvgIpc) is 2.71. The molecule has 0 amide bonds. The fraction of sp³-hybridized carbons (Fsp3) is 0.174. The fourth-order valence-corrected chi connectivity index (χ4v) is 3.72. The van der Waals surface area contributed by atoms with Crippen molar-refractivity contribution >= 4 is 28.2 Å². The Hall–Kier alpha value is -3.18. The molecule has 0 aliphatic rings. The van der Waals surface area contributed by atoms with E-state index in [9.17, 15) is 4.79 Å². The Bertz CT molecular complexity index is 1250. The number of pyridine rings is 1. The first-order valence-corrected chi connectivity index (χ1v) is 9.80. The van der Waals surface area contributed by atoms with E-state index in [0.29, 0.717) is 16.2 Å². The molecule has 29 heavy (non-hydrogen) atoms. The molecule has 4 rings (SSSR count). The summed E-state index contributed by atoms with van der Waals surface area (Å²) in [5, 5.41) is 5.22. The number of fused-ring (bicyclic) bond motifs is 1. The smallest absolute Gasteiger partial charge is 0.264 e. The number of nitrogens with one attached hydrogen (secondary N) is 1. The highest BCUT2D eigenvalue weighted by Gasteiger charge is 2.18. The maximum absolute atomic E-state index is 13.5. The molecule has 4 aromatic rings. The van der Waals surface area contributed by atoms with Gasteiger partial charge in [-0.05, 0) is 50.4 Å². The Balaban J connectivity index is 1.93. The van der Waals surface area contributed by atoms with Gasteiger partial charge in [-0.2, -0.15) is 0 Å². The molecule has 1 atom stereocenters. The third-order valence-electron chi connectivity index (χ3n) is 4.93. The summed E-state index contributed by atoms with van der Waals surface area (Å²) < 4.78 is 1.72. The molecule has 2 heterocycles. The molecule has 5 nitrogen and oxygen atoms in total. The van der Waals surface area contributed by atoms with E-state index in [1.54, 1.807) is 16.8 Å². The van der Waals surface area contributed by atoms with Crippen LogP contribution in [0.3, 0.4) is 0 Å². The summed E-state index contributed by atoms with van der Waals surface area (Å²) >= 11 is 6.38. The number of benzene rings is 2. The predicted molar refractivity (Wildman–Crippen MR) is 118 cm³/mol.